The lowest BCUT2D eigenvalue weighted by atomic mass is 9.99. The number of fused-ring (bicyclic) bond motifs is 2. The van der Waals surface area contributed by atoms with Crippen LogP contribution in [-0.2, 0) is 17.8 Å². The number of nitrogens with one attached hydrogen (secondary N) is 3. The summed E-state index contributed by atoms with van der Waals surface area (Å²) in [7, 11) is 3.96. The molecule has 6 aromatic rings. The Kier molecular flexibility index (Phi) is 7.97. The van der Waals surface area contributed by atoms with Gasteiger partial charge in [0.2, 0.25) is 5.91 Å². The minimum Gasteiger partial charge on any atom is -0.506 e. The zero-order valence-electron chi connectivity index (χ0n) is 24.5. The normalized spacial score (nSPS) is 11.8. The van der Waals surface area contributed by atoms with E-state index in [1.54, 1.807) is 30.5 Å². The van der Waals surface area contributed by atoms with Crippen LogP contribution in [0, 0.1) is 0 Å². The number of anilines is 1. The number of hydrogen-bond donors (Lipinski definition) is 4. The van der Waals surface area contributed by atoms with Crippen LogP contribution in [0.1, 0.15) is 21.5 Å². The fourth-order valence-electron chi connectivity index (χ4n) is 5.38. The van der Waals surface area contributed by atoms with Crippen LogP contribution in [0.15, 0.2) is 109 Å². The van der Waals surface area contributed by atoms with Gasteiger partial charge in [-0.05, 0) is 70.8 Å². The summed E-state index contributed by atoms with van der Waals surface area (Å²) in [5.41, 5.74) is 6.38. The number of phenols is 1. The molecule has 2 aromatic heterocycles. The summed E-state index contributed by atoms with van der Waals surface area (Å²) in [6.07, 6.45) is 3.83. The maximum atomic E-state index is 13.6. The van der Waals surface area contributed by atoms with Gasteiger partial charge in [-0.25, -0.2) is 0 Å². The van der Waals surface area contributed by atoms with Crippen molar-refractivity contribution in [2.24, 2.45) is 0 Å². The van der Waals surface area contributed by atoms with Crippen LogP contribution in [0.2, 0.25) is 0 Å². The van der Waals surface area contributed by atoms with Crippen LogP contribution in [-0.4, -0.2) is 47.0 Å². The number of aromatic nitrogens is 2. The molecule has 0 aliphatic rings. The minimum atomic E-state index is -0.817. The molecule has 0 radical (unpaired) electrons. The second-order valence-corrected chi connectivity index (χ2v) is 11.0. The molecule has 220 valence electrons. The summed E-state index contributed by atoms with van der Waals surface area (Å²) in [4.78, 5) is 36.7. The molecule has 44 heavy (non-hydrogen) atoms. The monoisotopic (exact) mass is 583 g/mol. The summed E-state index contributed by atoms with van der Waals surface area (Å²) in [5, 5.41) is 18.4. The van der Waals surface area contributed by atoms with Crippen LogP contribution in [0.25, 0.3) is 32.9 Å². The largest absolute Gasteiger partial charge is 0.506 e. The number of aromatic hydroxyl groups is 1. The molecule has 4 aromatic carbocycles. The van der Waals surface area contributed by atoms with Crippen molar-refractivity contribution >= 4 is 39.3 Å². The Hall–Kier alpha value is -5.63. The highest BCUT2D eigenvalue weighted by molar-refractivity contribution is 5.99. The third-order valence-electron chi connectivity index (χ3n) is 7.78. The number of amides is 2. The Morgan fingerprint density at radius 3 is 2.55 bits per heavy atom. The molecule has 2 heterocycles. The van der Waals surface area contributed by atoms with Crippen molar-refractivity contribution in [1.82, 2.24) is 20.6 Å². The molecule has 0 fully saturated rings. The average molecular weight is 584 g/mol. The van der Waals surface area contributed by atoms with Crippen molar-refractivity contribution in [2.45, 2.75) is 19.0 Å². The summed E-state index contributed by atoms with van der Waals surface area (Å²) >= 11 is 0. The van der Waals surface area contributed by atoms with E-state index in [-0.39, 0.29) is 17.6 Å². The number of hydrogen-bond acceptors (Lipinski definition) is 5. The molecule has 0 aliphatic carbocycles. The molecular weight excluding hydrogens is 550 g/mol. The van der Waals surface area contributed by atoms with Crippen molar-refractivity contribution in [3.63, 3.8) is 0 Å². The fraction of sp³-hybridized carbons (Fsp3) is 0.139. The molecule has 6 rings (SSSR count). The van der Waals surface area contributed by atoms with E-state index < -0.39 is 6.04 Å². The van der Waals surface area contributed by atoms with Crippen molar-refractivity contribution in [2.75, 3.05) is 19.0 Å². The first-order valence-corrected chi connectivity index (χ1v) is 14.4. The topological polar surface area (TPSA) is 110 Å². The Balaban J connectivity index is 1.24. The van der Waals surface area contributed by atoms with E-state index in [2.05, 4.69) is 20.6 Å². The van der Waals surface area contributed by atoms with Crippen molar-refractivity contribution < 1.29 is 14.7 Å². The number of aromatic amines is 1. The number of H-pyrrole nitrogens is 1. The van der Waals surface area contributed by atoms with E-state index in [4.69, 9.17) is 0 Å². The van der Waals surface area contributed by atoms with Gasteiger partial charge in [-0.1, -0.05) is 48.5 Å². The maximum absolute atomic E-state index is 13.6. The van der Waals surface area contributed by atoms with Gasteiger partial charge in [0, 0.05) is 67.0 Å². The molecule has 1 atom stereocenters. The number of para-hydroxylation sites is 1. The van der Waals surface area contributed by atoms with Gasteiger partial charge in [-0.2, -0.15) is 0 Å². The summed E-state index contributed by atoms with van der Waals surface area (Å²) in [6.45, 7) is 0.336. The Bertz CT molecular complexity index is 1960. The Morgan fingerprint density at radius 1 is 0.909 bits per heavy atom. The number of nitrogens with zero attached hydrogens (tertiary/aromatic N) is 2. The lowest BCUT2D eigenvalue weighted by Crippen LogP contribution is -2.47. The number of benzene rings is 4. The van der Waals surface area contributed by atoms with Crippen LogP contribution in [0.4, 0.5) is 5.69 Å². The standard InChI is InChI=1S/C36H33N5O3/c1-41(2)29-14-12-23(13-15-29)21-39-36(44)32(19-28-22-38-31-11-4-3-10-30(28)31)40-35(43)26-8-5-7-24(17-26)27-18-25-9-6-16-37-34(25)33(42)20-27/h3-18,20,22,32,38,42H,19,21H2,1-2H3,(H,39,44)(H,40,43). The van der Waals surface area contributed by atoms with E-state index in [0.29, 0.717) is 24.0 Å². The zero-order valence-corrected chi connectivity index (χ0v) is 24.5. The summed E-state index contributed by atoms with van der Waals surface area (Å²) in [5.74, 6) is -0.572. The van der Waals surface area contributed by atoms with Gasteiger partial charge >= 0.3 is 0 Å². The van der Waals surface area contributed by atoms with E-state index >= 15 is 0 Å². The maximum Gasteiger partial charge on any atom is 0.251 e. The van der Waals surface area contributed by atoms with Crippen molar-refractivity contribution in [1.29, 1.82) is 0 Å². The van der Waals surface area contributed by atoms with Crippen LogP contribution < -0.4 is 15.5 Å². The number of pyridine rings is 1. The van der Waals surface area contributed by atoms with E-state index in [1.165, 1.54) is 0 Å². The molecule has 1 unspecified atom stereocenters. The quantitative estimate of drug-likeness (QED) is 0.172. The SMILES string of the molecule is CN(C)c1ccc(CNC(=O)C(Cc2c[nH]c3ccccc23)NC(=O)c2cccc(-c3cc(O)c4ncccc4c3)c2)cc1. The smallest absolute Gasteiger partial charge is 0.251 e. The van der Waals surface area contributed by atoms with Crippen molar-refractivity contribution in [3.05, 3.63) is 126 Å². The van der Waals surface area contributed by atoms with Gasteiger partial charge in [-0.3, -0.25) is 14.6 Å². The first kappa shape index (κ1) is 28.5. The van der Waals surface area contributed by atoms with Gasteiger partial charge < -0.3 is 25.6 Å². The van der Waals surface area contributed by atoms with Gasteiger partial charge in [0.25, 0.3) is 5.91 Å². The third kappa shape index (κ3) is 6.10. The second kappa shape index (κ2) is 12.3. The lowest BCUT2D eigenvalue weighted by Gasteiger charge is -2.19. The first-order valence-electron chi connectivity index (χ1n) is 14.4. The molecule has 4 N–H and O–H groups in total. The number of phenolic OH excluding ortho intramolecular Hbond substituents is 1. The Labute approximate surface area is 255 Å². The second-order valence-electron chi connectivity index (χ2n) is 11.0. The highest BCUT2D eigenvalue weighted by Gasteiger charge is 2.23. The van der Waals surface area contributed by atoms with Crippen LogP contribution in [0.5, 0.6) is 5.75 Å². The highest BCUT2D eigenvalue weighted by Crippen LogP contribution is 2.31. The van der Waals surface area contributed by atoms with Gasteiger partial charge in [0.15, 0.2) is 0 Å². The predicted molar refractivity (Wildman–Crippen MR) is 175 cm³/mol. The molecule has 8 heteroatoms. The molecule has 0 spiro atoms. The molecule has 8 nitrogen and oxygen atoms in total. The minimum absolute atomic E-state index is 0.0692. The van der Waals surface area contributed by atoms with E-state index in [0.717, 1.165) is 44.2 Å². The first-order chi connectivity index (χ1) is 21.4. The van der Waals surface area contributed by atoms with Crippen molar-refractivity contribution in [3.8, 4) is 16.9 Å². The third-order valence-corrected chi connectivity index (χ3v) is 7.78. The zero-order chi connectivity index (χ0) is 30.6. The molecule has 0 aliphatic heterocycles. The average Bonchev–Trinajstić information content (AvgIpc) is 3.46. The Morgan fingerprint density at radius 2 is 1.73 bits per heavy atom. The van der Waals surface area contributed by atoms with Crippen LogP contribution in [0.3, 0.4) is 0 Å². The van der Waals surface area contributed by atoms with Gasteiger partial charge in [-0.15, -0.1) is 0 Å². The number of carbonyl (C=O) groups is 2. The molecule has 0 saturated carbocycles. The molecule has 0 bridgehead atoms. The fourth-order valence-corrected chi connectivity index (χ4v) is 5.38. The summed E-state index contributed by atoms with van der Waals surface area (Å²) < 4.78 is 0. The molecule has 0 saturated heterocycles. The van der Waals surface area contributed by atoms with Gasteiger partial charge in [0.05, 0.1) is 0 Å². The number of carbonyl (C=O) groups excluding carboxylic acids is 2. The number of rotatable bonds is 9. The lowest BCUT2D eigenvalue weighted by molar-refractivity contribution is -0.123. The predicted octanol–water partition coefficient (Wildman–Crippen LogP) is 5.81. The summed E-state index contributed by atoms with van der Waals surface area (Å²) in [6, 6.07) is 29.5. The van der Waals surface area contributed by atoms with Crippen LogP contribution >= 0.6 is 0 Å². The highest BCUT2D eigenvalue weighted by atomic mass is 16.3. The van der Waals surface area contributed by atoms with E-state index in [9.17, 15) is 14.7 Å². The van der Waals surface area contributed by atoms with E-state index in [1.807, 2.05) is 98.0 Å². The molecular formula is C36H33N5O3. The van der Waals surface area contributed by atoms with Gasteiger partial charge in [0.1, 0.15) is 17.3 Å². The molecule has 2 amide bonds.